The molecule has 0 fully saturated rings. The summed E-state index contributed by atoms with van der Waals surface area (Å²) in [4.78, 5) is 5.27. The zero-order valence-electron chi connectivity index (χ0n) is 9.77. The first-order valence-corrected chi connectivity index (χ1v) is 6.62. The number of aryl methyl sites for hydroxylation is 2. The van der Waals surface area contributed by atoms with Gasteiger partial charge in [0.2, 0.25) is 0 Å². The summed E-state index contributed by atoms with van der Waals surface area (Å²) in [6, 6.07) is 7.58. The summed E-state index contributed by atoms with van der Waals surface area (Å²) in [5, 5.41) is 11.9. The molecular formula is C13H14ClNOS. The van der Waals surface area contributed by atoms with Crippen LogP contribution in [-0.2, 0) is 6.42 Å². The van der Waals surface area contributed by atoms with Crippen LogP contribution >= 0.6 is 22.9 Å². The molecule has 1 aromatic carbocycles. The summed E-state index contributed by atoms with van der Waals surface area (Å²) >= 11 is 7.47. The van der Waals surface area contributed by atoms with Crippen LogP contribution in [0, 0.1) is 13.8 Å². The Morgan fingerprint density at radius 1 is 1.41 bits per heavy atom. The highest BCUT2D eigenvalue weighted by atomic mass is 35.5. The zero-order chi connectivity index (χ0) is 12.4. The van der Waals surface area contributed by atoms with Crippen LogP contribution in [0.5, 0.6) is 0 Å². The van der Waals surface area contributed by atoms with E-state index in [1.807, 2.05) is 38.1 Å². The van der Waals surface area contributed by atoms with Crippen molar-refractivity contribution in [2.24, 2.45) is 0 Å². The standard InChI is InChI=1S/C13H14ClNOS/c1-8-13(17-9(2)15-8)12(16)7-10-4-3-5-11(14)6-10/h3-6,12,16H,7H2,1-2H3. The normalized spacial score (nSPS) is 12.7. The van der Waals surface area contributed by atoms with Crippen molar-refractivity contribution in [1.82, 2.24) is 4.98 Å². The Bertz CT molecular complexity index is 524. The second-order valence-electron chi connectivity index (χ2n) is 4.03. The molecule has 2 rings (SSSR count). The predicted molar refractivity (Wildman–Crippen MR) is 71.7 cm³/mol. The monoisotopic (exact) mass is 267 g/mol. The fourth-order valence-corrected chi connectivity index (χ4v) is 2.96. The quantitative estimate of drug-likeness (QED) is 0.920. The van der Waals surface area contributed by atoms with Crippen LogP contribution in [0.2, 0.25) is 5.02 Å². The van der Waals surface area contributed by atoms with E-state index < -0.39 is 6.10 Å². The largest absolute Gasteiger partial charge is 0.387 e. The van der Waals surface area contributed by atoms with Crippen molar-refractivity contribution >= 4 is 22.9 Å². The van der Waals surface area contributed by atoms with Gasteiger partial charge in [-0.25, -0.2) is 4.98 Å². The lowest BCUT2D eigenvalue weighted by Crippen LogP contribution is -2.01. The lowest BCUT2D eigenvalue weighted by atomic mass is 10.1. The van der Waals surface area contributed by atoms with E-state index in [0.29, 0.717) is 11.4 Å². The third kappa shape index (κ3) is 3.06. The average Bonchev–Trinajstić information content (AvgIpc) is 2.58. The molecule has 0 aliphatic heterocycles. The number of hydrogen-bond acceptors (Lipinski definition) is 3. The Morgan fingerprint density at radius 2 is 2.18 bits per heavy atom. The van der Waals surface area contributed by atoms with Gasteiger partial charge in [0.25, 0.3) is 0 Å². The summed E-state index contributed by atoms with van der Waals surface area (Å²) in [5.74, 6) is 0. The molecule has 0 amide bonds. The number of aliphatic hydroxyl groups excluding tert-OH is 1. The molecule has 4 heteroatoms. The molecule has 1 heterocycles. The SMILES string of the molecule is Cc1nc(C)c(C(O)Cc2cccc(Cl)c2)s1. The molecule has 0 saturated carbocycles. The number of aliphatic hydroxyl groups is 1. The van der Waals surface area contributed by atoms with Crippen LogP contribution in [0.4, 0.5) is 0 Å². The maximum atomic E-state index is 10.2. The van der Waals surface area contributed by atoms with E-state index in [1.165, 1.54) is 0 Å². The van der Waals surface area contributed by atoms with Crippen molar-refractivity contribution in [2.45, 2.75) is 26.4 Å². The van der Waals surface area contributed by atoms with E-state index in [4.69, 9.17) is 11.6 Å². The molecule has 1 aromatic heterocycles. The molecule has 0 aliphatic rings. The summed E-state index contributed by atoms with van der Waals surface area (Å²) in [6.07, 6.45) is 0.0721. The number of aromatic nitrogens is 1. The van der Waals surface area contributed by atoms with Crippen molar-refractivity contribution in [3.8, 4) is 0 Å². The predicted octanol–water partition coefficient (Wildman–Crippen LogP) is 3.69. The molecule has 0 aliphatic carbocycles. The Labute approximate surface area is 110 Å². The molecule has 2 nitrogen and oxygen atoms in total. The van der Waals surface area contributed by atoms with Crippen LogP contribution in [0.15, 0.2) is 24.3 Å². The van der Waals surface area contributed by atoms with Gasteiger partial charge in [-0.05, 0) is 31.5 Å². The van der Waals surface area contributed by atoms with E-state index >= 15 is 0 Å². The van der Waals surface area contributed by atoms with Gasteiger partial charge in [0.1, 0.15) is 0 Å². The van der Waals surface area contributed by atoms with Crippen LogP contribution in [0.1, 0.15) is 27.2 Å². The number of benzene rings is 1. The third-order valence-electron chi connectivity index (χ3n) is 2.56. The average molecular weight is 268 g/mol. The molecule has 0 spiro atoms. The Balaban J connectivity index is 2.16. The van der Waals surface area contributed by atoms with Crippen LogP contribution < -0.4 is 0 Å². The van der Waals surface area contributed by atoms with Gasteiger partial charge in [0.15, 0.2) is 0 Å². The molecule has 1 unspecified atom stereocenters. The van der Waals surface area contributed by atoms with Crippen LogP contribution in [-0.4, -0.2) is 10.1 Å². The molecule has 2 aromatic rings. The van der Waals surface area contributed by atoms with Crippen molar-refractivity contribution < 1.29 is 5.11 Å². The maximum absolute atomic E-state index is 10.2. The van der Waals surface area contributed by atoms with E-state index in [1.54, 1.807) is 11.3 Å². The van der Waals surface area contributed by atoms with Gasteiger partial charge >= 0.3 is 0 Å². The minimum atomic E-state index is -0.500. The first kappa shape index (κ1) is 12.6. The van der Waals surface area contributed by atoms with Gasteiger partial charge in [-0.3, -0.25) is 0 Å². The maximum Gasteiger partial charge on any atom is 0.0941 e. The second kappa shape index (κ2) is 5.17. The highest BCUT2D eigenvalue weighted by Gasteiger charge is 2.15. The van der Waals surface area contributed by atoms with Crippen molar-refractivity contribution in [1.29, 1.82) is 0 Å². The van der Waals surface area contributed by atoms with E-state index in [2.05, 4.69) is 4.98 Å². The van der Waals surface area contributed by atoms with Gasteiger partial charge in [0, 0.05) is 11.4 Å². The number of hydrogen-bond donors (Lipinski definition) is 1. The van der Waals surface area contributed by atoms with E-state index in [9.17, 15) is 5.11 Å². The number of halogens is 1. The number of thiazole rings is 1. The third-order valence-corrected chi connectivity index (χ3v) is 3.97. The van der Waals surface area contributed by atoms with Gasteiger partial charge < -0.3 is 5.11 Å². The van der Waals surface area contributed by atoms with Crippen LogP contribution in [0.25, 0.3) is 0 Å². The van der Waals surface area contributed by atoms with Crippen molar-refractivity contribution in [3.05, 3.63) is 50.4 Å². The second-order valence-corrected chi connectivity index (χ2v) is 5.70. The number of rotatable bonds is 3. The summed E-state index contributed by atoms with van der Waals surface area (Å²) in [7, 11) is 0. The molecule has 0 saturated heterocycles. The topological polar surface area (TPSA) is 33.1 Å². The fourth-order valence-electron chi connectivity index (χ4n) is 1.84. The summed E-state index contributed by atoms with van der Waals surface area (Å²) in [6.45, 7) is 3.88. The van der Waals surface area contributed by atoms with Gasteiger partial charge in [-0.2, -0.15) is 0 Å². The van der Waals surface area contributed by atoms with Crippen LogP contribution in [0.3, 0.4) is 0 Å². The summed E-state index contributed by atoms with van der Waals surface area (Å²) < 4.78 is 0. The molecule has 0 radical (unpaired) electrons. The fraction of sp³-hybridized carbons (Fsp3) is 0.308. The van der Waals surface area contributed by atoms with Gasteiger partial charge in [0.05, 0.1) is 21.7 Å². The highest BCUT2D eigenvalue weighted by molar-refractivity contribution is 7.11. The molecule has 1 atom stereocenters. The Morgan fingerprint density at radius 3 is 2.76 bits per heavy atom. The lowest BCUT2D eigenvalue weighted by molar-refractivity contribution is 0.181. The number of nitrogens with zero attached hydrogens (tertiary/aromatic N) is 1. The smallest absolute Gasteiger partial charge is 0.0941 e. The highest BCUT2D eigenvalue weighted by Crippen LogP contribution is 2.27. The molecule has 17 heavy (non-hydrogen) atoms. The van der Waals surface area contributed by atoms with Gasteiger partial charge in [-0.1, -0.05) is 23.7 Å². The lowest BCUT2D eigenvalue weighted by Gasteiger charge is -2.09. The molecule has 1 N–H and O–H groups in total. The first-order chi connectivity index (χ1) is 8.06. The Kier molecular flexibility index (Phi) is 3.82. The van der Waals surface area contributed by atoms with Crippen molar-refractivity contribution in [3.63, 3.8) is 0 Å². The Hall–Kier alpha value is -0.900. The minimum Gasteiger partial charge on any atom is -0.387 e. The van der Waals surface area contributed by atoms with Gasteiger partial charge in [-0.15, -0.1) is 11.3 Å². The first-order valence-electron chi connectivity index (χ1n) is 5.42. The molecule has 0 bridgehead atoms. The van der Waals surface area contributed by atoms with Crippen molar-refractivity contribution in [2.75, 3.05) is 0 Å². The zero-order valence-corrected chi connectivity index (χ0v) is 11.3. The molecular weight excluding hydrogens is 254 g/mol. The summed E-state index contributed by atoms with van der Waals surface area (Å²) in [5.41, 5.74) is 1.96. The van der Waals surface area contributed by atoms with E-state index in [0.717, 1.165) is 21.1 Å². The molecule has 90 valence electrons. The minimum absolute atomic E-state index is 0.500. The van der Waals surface area contributed by atoms with E-state index in [-0.39, 0.29) is 0 Å².